The summed E-state index contributed by atoms with van der Waals surface area (Å²) in [4.78, 5) is 14.9. The van der Waals surface area contributed by atoms with Crippen molar-refractivity contribution in [1.29, 1.82) is 0 Å². The molecule has 3 fully saturated rings. The number of benzene rings is 1. The lowest BCUT2D eigenvalue weighted by atomic mass is 9.82. The fraction of sp³-hybridized carbons (Fsp3) is 0.632. The molecule has 1 aromatic carbocycles. The van der Waals surface area contributed by atoms with E-state index in [0.29, 0.717) is 12.0 Å². The smallest absolute Gasteiger partial charge is 0.319 e. The van der Waals surface area contributed by atoms with Crippen molar-refractivity contribution in [3.8, 4) is 0 Å². The first-order valence-electron chi connectivity index (χ1n) is 9.34. The van der Waals surface area contributed by atoms with Crippen LogP contribution in [-0.2, 0) is 4.74 Å². The Labute approximate surface area is 143 Å². The van der Waals surface area contributed by atoms with E-state index in [9.17, 15) is 4.79 Å². The van der Waals surface area contributed by atoms with Crippen molar-refractivity contribution in [2.45, 2.75) is 50.7 Å². The van der Waals surface area contributed by atoms with Crippen molar-refractivity contribution in [2.75, 3.05) is 29.9 Å². The molecule has 0 bridgehead atoms. The highest BCUT2D eigenvalue weighted by Gasteiger charge is 2.38. The van der Waals surface area contributed by atoms with Crippen LogP contribution in [0.3, 0.4) is 0 Å². The number of rotatable bonds is 3. The number of amides is 2. The highest BCUT2D eigenvalue weighted by Crippen LogP contribution is 2.34. The van der Waals surface area contributed by atoms with Crippen molar-refractivity contribution in [2.24, 2.45) is 5.92 Å². The van der Waals surface area contributed by atoms with Gasteiger partial charge < -0.3 is 20.3 Å². The highest BCUT2D eigenvalue weighted by molar-refractivity contribution is 5.93. The molecule has 2 N–H and O–H groups in total. The Hall–Kier alpha value is -1.75. The molecule has 1 aliphatic carbocycles. The molecule has 2 saturated heterocycles. The van der Waals surface area contributed by atoms with Gasteiger partial charge in [-0.05, 0) is 50.7 Å². The zero-order valence-electron chi connectivity index (χ0n) is 14.2. The minimum Gasteiger partial charge on any atom is -0.378 e. The van der Waals surface area contributed by atoms with Crippen LogP contribution in [0.25, 0.3) is 0 Å². The van der Waals surface area contributed by atoms with Crippen molar-refractivity contribution >= 4 is 17.4 Å². The summed E-state index contributed by atoms with van der Waals surface area (Å²) in [6.45, 7) is 2.99. The van der Waals surface area contributed by atoms with Crippen LogP contribution in [0.5, 0.6) is 0 Å². The number of nitrogens with one attached hydrogen (secondary N) is 2. The molecule has 0 aromatic heterocycles. The molecule has 2 heterocycles. The van der Waals surface area contributed by atoms with E-state index in [1.807, 2.05) is 18.2 Å². The van der Waals surface area contributed by atoms with Crippen LogP contribution in [0.1, 0.15) is 38.5 Å². The largest absolute Gasteiger partial charge is 0.378 e. The monoisotopic (exact) mass is 329 g/mol. The molecule has 1 saturated carbocycles. The van der Waals surface area contributed by atoms with E-state index in [1.165, 1.54) is 12.8 Å². The molecule has 2 aliphatic heterocycles. The Morgan fingerprint density at radius 2 is 1.92 bits per heavy atom. The predicted octanol–water partition coefficient (Wildman–Crippen LogP) is 3.37. The number of para-hydroxylation sites is 2. The SMILES string of the molecule is O=C(Nc1ccccc1N1CCCC1)NC1CCCC2OCCC12. The third kappa shape index (κ3) is 3.22. The highest BCUT2D eigenvalue weighted by atomic mass is 16.5. The van der Waals surface area contributed by atoms with Crippen LogP contribution < -0.4 is 15.5 Å². The van der Waals surface area contributed by atoms with Gasteiger partial charge in [-0.1, -0.05) is 12.1 Å². The number of hydrogen-bond donors (Lipinski definition) is 2. The number of carbonyl (C=O) groups excluding carboxylic acids is 1. The second kappa shape index (κ2) is 7.01. The zero-order chi connectivity index (χ0) is 16.4. The van der Waals surface area contributed by atoms with Crippen molar-refractivity contribution in [1.82, 2.24) is 5.32 Å². The molecule has 1 aromatic rings. The Balaban J connectivity index is 1.41. The first kappa shape index (κ1) is 15.8. The zero-order valence-corrected chi connectivity index (χ0v) is 14.2. The number of nitrogens with zero attached hydrogens (tertiary/aromatic N) is 1. The summed E-state index contributed by atoms with van der Waals surface area (Å²) in [5.41, 5.74) is 2.04. The Morgan fingerprint density at radius 3 is 2.79 bits per heavy atom. The van der Waals surface area contributed by atoms with Gasteiger partial charge in [-0.25, -0.2) is 4.79 Å². The van der Waals surface area contributed by atoms with Gasteiger partial charge in [-0.3, -0.25) is 0 Å². The number of anilines is 2. The lowest BCUT2D eigenvalue weighted by Gasteiger charge is -2.33. The summed E-state index contributed by atoms with van der Waals surface area (Å²) in [5, 5.41) is 6.29. The van der Waals surface area contributed by atoms with E-state index in [2.05, 4.69) is 21.6 Å². The normalized spacial score (nSPS) is 29.3. The van der Waals surface area contributed by atoms with Gasteiger partial charge in [0.2, 0.25) is 0 Å². The summed E-state index contributed by atoms with van der Waals surface area (Å²) in [5.74, 6) is 0.485. The number of fused-ring (bicyclic) bond motifs is 1. The standard InChI is InChI=1S/C19H27N3O2/c23-19(20-15-7-5-9-18-14(15)10-13-24-18)21-16-6-1-2-8-17(16)22-11-3-4-12-22/h1-2,6,8,14-15,18H,3-5,7,9-13H2,(H2,20,21,23). The van der Waals surface area contributed by atoms with Gasteiger partial charge in [0.05, 0.1) is 17.5 Å². The van der Waals surface area contributed by atoms with Crippen LogP contribution in [0.15, 0.2) is 24.3 Å². The van der Waals surface area contributed by atoms with Crippen LogP contribution in [0.2, 0.25) is 0 Å². The molecule has 0 radical (unpaired) electrons. The van der Waals surface area contributed by atoms with Crippen LogP contribution in [-0.4, -0.2) is 37.9 Å². The van der Waals surface area contributed by atoms with Crippen molar-refractivity contribution in [3.63, 3.8) is 0 Å². The lowest BCUT2D eigenvalue weighted by Crippen LogP contribution is -2.47. The second-order valence-electron chi connectivity index (χ2n) is 7.21. The number of urea groups is 1. The molecule has 130 valence electrons. The Morgan fingerprint density at radius 1 is 1.08 bits per heavy atom. The first-order chi connectivity index (χ1) is 11.8. The number of ether oxygens (including phenoxy) is 1. The number of hydrogen-bond acceptors (Lipinski definition) is 3. The molecule has 3 aliphatic rings. The molecule has 3 unspecified atom stereocenters. The molecule has 4 rings (SSSR count). The molecule has 5 heteroatoms. The topological polar surface area (TPSA) is 53.6 Å². The summed E-state index contributed by atoms with van der Waals surface area (Å²) in [6.07, 6.45) is 7.21. The van der Waals surface area contributed by atoms with Gasteiger partial charge in [0.15, 0.2) is 0 Å². The maximum atomic E-state index is 12.6. The van der Waals surface area contributed by atoms with E-state index >= 15 is 0 Å². The molecular formula is C19H27N3O2. The van der Waals surface area contributed by atoms with E-state index in [-0.39, 0.29) is 12.1 Å². The predicted molar refractivity (Wildman–Crippen MR) is 95.5 cm³/mol. The summed E-state index contributed by atoms with van der Waals surface area (Å²) < 4.78 is 5.80. The second-order valence-corrected chi connectivity index (χ2v) is 7.21. The molecule has 0 spiro atoms. The molecule has 5 nitrogen and oxygen atoms in total. The third-order valence-corrected chi connectivity index (χ3v) is 5.70. The summed E-state index contributed by atoms with van der Waals surface area (Å²) in [6, 6.07) is 8.27. The summed E-state index contributed by atoms with van der Waals surface area (Å²) >= 11 is 0. The van der Waals surface area contributed by atoms with Crippen LogP contribution in [0.4, 0.5) is 16.2 Å². The fourth-order valence-electron chi connectivity index (χ4n) is 4.49. The minimum atomic E-state index is -0.0841. The van der Waals surface area contributed by atoms with Gasteiger partial charge in [0.25, 0.3) is 0 Å². The van der Waals surface area contributed by atoms with Gasteiger partial charge >= 0.3 is 6.03 Å². The van der Waals surface area contributed by atoms with Crippen molar-refractivity contribution in [3.05, 3.63) is 24.3 Å². The third-order valence-electron chi connectivity index (χ3n) is 5.70. The minimum absolute atomic E-state index is 0.0841. The van der Waals surface area contributed by atoms with Crippen LogP contribution in [0, 0.1) is 5.92 Å². The average molecular weight is 329 g/mol. The quantitative estimate of drug-likeness (QED) is 0.894. The maximum absolute atomic E-state index is 12.6. The van der Waals surface area contributed by atoms with E-state index < -0.39 is 0 Å². The van der Waals surface area contributed by atoms with Gasteiger partial charge in [0, 0.05) is 31.7 Å². The molecule has 24 heavy (non-hydrogen) atoms. The van der Waals surface area contributed by atoms with Gasteiger partial charge in [-0.2, -0.15) is 0 Å². The molecule has 3 atom stereocenters. The van der Waals surface area contributed by atoms with E-state index in [0.717, 1.165) is 56.8 Å². The van der Waals surface area contributed by atoms with Crippen molar-refractivity contribution < 1.29 is 9.53 Å². The Kier molecular flexibility index (Phi) is 4.60. The van der Waals surface area contributed by atoms with Gasteiger partial charge in [-0.15, -0.1) is 0 Å². The van der Waals surface area contributed by atoms with Gasteiger partial charge in [0.1, 0.15) is 0 Å². The molecule has 2 amide bonds. The fourth-order valence-corrected chi connectivity index (χ4v) is 4.49. The Bertz CT molecular complexity index is 586. The van der Waals surface area contributed by atoms with E-state index in [1.54, 1.807) is 0 Å². The summed E-state index contributed by atoms with van der Waals surface area (Å²) in [7, 11) is 0. The average Bonchev–Trinajstić information content (AvgIpc) is 3.27. The molecular weight excluding hydrogens is 302 g/mol. The lowest BCUT2D eigenvalue weighted by molar-refractivity contribution is 0.0553. The number of carbonyl (C=O) groups is 1. The van der Waals surface area contributed by atoms with Crippen LogP contribution >= 0.6 is 0 Å². The maximum Gasteiger partial charge on any atom is 0.319 e. The first-order valence-corrected chi connectivity index (χ1v) is 9.34. The van der Waals surface area contributed by atoms with E-state index in [4.69, 9.17) is 4.74 Å².